The fraction of sp³-hybridized carbons (Fsp3) is 0.267. The van der Waals surface area contributed by atoms with Crippen LogP contribution in [-0.4, -0.2) is 4.40 Å². The van der Waals surface area contributed by atoms with Crippen LogP contribution in [0.2, 0.25) is 0 Å². The van der Waals surface area contributed by atoms with Gasteiger partial charge in [0.05, 0.1) is 27.3 Å². The summed E-state index contributed by atoms with van der Waals surface area (Å²) in [6.07, 6.45) is 2.27. The summed E-state index contributed by atoms with van der Waals surface area (Å²) in [6, 6.07) is 32.5. The van der Waals surface area contributed by atoms with Crippen molar-refractivity contribution in [1.29, 1.82) is 0 Å². The van der Waals surface area contributed by atoms with Crippen molar-refractivity contribution in [3.8, 4) is 22.3 Å². The van der Waals surface area contributed by atoms with Gasteiger partial charge in [-0.25, -0.2) is 4.57 Å². The number of aryl methyl sites for hydroxylation is 3. The highest BCUT2D eigenvalue weighted by Gasteiger charge is 2.27. The second-order valence-corrected chi connectivity index (χ2v) is 14.8. The molecule has 47 heavy (non-hydrogen) atoms. The van der Waals surface area contributed by atoms with Gasteiger partial charge in [0.2, 0.25) is 5.52 Å². The zero-order chi connectivity index (χ0) is 32.9. The molecule has 0 spiro atoms. The molecule has 8 rings (SSSR count). The molecule has 8 aromatic rings. The van der Waals surface area contributed by atoms with E-state index in [-0.39, 0.29) is 0 Å². The Labute approximate surface area is 278 Å². The number of benzene rings is 5. The molecule has 0 atom stereocenters. The number of fused-ring (bicyclic) bond motifs is 5. The van der Waals surface area contributed by atoms with E-state index in [1.807, 2.05) is 0 Å². The van der Waals surface area contributed by atoms with Gasteiger partial charge in [0.25, 0.3) is 0 Å². The van der Waals surface area contributed by atoms with Gasteiger partial charge in [-0.3, -0.25) is 0 Å². The summed E-state index contributed by atoms with van der Waals surface area (Å²) in [6.45, 7) is 18.6. The van der Waals surface area contributed by atoms with Crippen LogP contribution in [0.3, 0.4) is 0 Å². The van der Waals surface area contributed by atoms with Gasteiger partial charge in [-0.15, -0.1) is 0 Å². The Balaban J connectivity index is 1.63. The molecule has 0 saturated carbocycles. The van der Waals surface area contributed by atoms with Crippen LogP contribution in [0.25, 0.3) is 71.3 Å². The zero-order valence-electron chi connectivity index (χ0n) is 29.3. The second-order valence-electron chi connectivity index (χ2n) is 14.8. The maximum absolute atomic E-state index is 2.60. The molecule has 0 unspecified atom stereocenters. The second kappa shape index (κ2) is 10.7. The topological polar surface area (TPSA) is 8.29 Å². The zero-order valence-corrected chi connectivity index (χ0v) is 29.3. The fourth-order valence-electron chi connectivity index (χ4n) is 8.25. The first kappa shape index (κ1) is 29.7. The van der Waals surface area contributed by atoms with Crippen LogP contribution >= 0.6 is 0 Å². The Bertz CT molecular complexity index is 2480. The summed E-state index contributed by atoms with van der Waals surface area (Å²) in [7, 11) is 2.21. The van der Waals surface area contributed by atoms with E-state index in [2.05, 4.69) is 163 Å². The number of nitrogens with zero attached hydrogens (tertiary/aromatic N) is 2. The SMILES string of the molecule is Cc1cc2c3c(-c4ccccc4)cccc3n3c4cc(-c5c(C(C)C)cc(C(C)C)cc5C(C)C)cc5cc[n+](C)c(c(c1C)c23)c54. The normalized spacial score (nSPS) is 12.5. The average Bonchev–Trinajstić information content (AvgIpc) is 3.39. The van der Waals surface area contributed by atoms with E-state index in [1.54, 1.807) is 0 Å². The molecule has 2 nitrogen and oxygen atoms in total. The largest absolute Gasteiger partial charge is 0.307 e. The van der Waals surface area contributed by atoms with E-state index in [0.29, 0.717) is 17.8 Å². The van der Waals surface area contributed by atoms with E-state index in [4.69, 9.17) is 0 Å². The molecule has 3 heterocycles. The monoisotopic (exact) mass is 613 g/mol. The Kier molecular flexibility index (Phi) is 6.74. The first-order chi connectivity index (χ1) is 22.6. The van der Waals surface area contributed by atoms with Crippen LogP contribution in [0.15, 0.2) is 91.1 Å². The van der Waals surface area contributed by atoms with Crippen molar-refractivity contribution in [2.45, 2.75) is 73.1 Å². The van der Waals surface area contributed by atoms with Crippen molar-refractivity contribution >= 4 is 49.0 Å². The molecule has 2 heteroatoms. The maximum atomic E-state index is 2.60. The summed E-state index contributed by atoms with van der Waals surface area (Å²) in [4.78, 5) is 0. The van der Waals surface area contributed by atoms with Crippen molar-refractivity contribution in [2.24, 2.45) is 7.05 Å². The van der Waals surface area contributed by atoms with Gasteiger partial charge >= 0.3 is 0 Å². The lowest BCUT2D eigenvalue weighted by molar-refractivity contribution is -0.643. The van der Waals surface area contributed by atoms with E-state index in [1.165, 1.54) is 99.1 Å². The van der Waals surface area contributed by atoms with Gasteiger partial charge in [-0.1, -0.05) is 96.1 Å². The summed E-state index contributed by atoms with van der Waals surface area (Å²) in [5.41, 5.74) is 17.5. The molecule has 0 radical (unpaired) electrons. The molecule has 0 N–H and O–H groups in total. The lowest BCUT2D eigenvalue weighted by Crippen LogP contribution is -2.29. The van der Waals surface area contributed by atoms with Gasteiger partial charge < -0.3 is 4.40 Å². The molecule has 0 bridgehead atoms. The summed E-state index contributed by atoms with van der Waals surface area (Å²) < 4.78 is 4.95. The van der Waals surface area contributed by atoms with Gasteiger partial charge in [-0.05, 0) is 111 Å². The number of pyridine rings is 2. The number of rotatable bonds is 5. The fourth-order valence-corrected chi connectivity index (χ4v) is 8.25. The molecule has 0 fully saturated rings. The lowest BCUT2D eigenvalue weighted by Gasteiger charge is -2.24. The third kappa shape index (κ3) is 4.27. The third-order valence-corrected chi connectivity index (χ3v) is 10.8. The predicted octanol–water partition coefficient (Wildman–Crippen LogP) is 12.1. The van der Waals surface area contributed by atoms with Crippen LogP contribution in [0.1, 0.15) is 87.1 Å². The van der Waals surface area contributed by atoms with Crippen LogP contribution in [0.5, 0.6) is 0 Å². The smallest absolute Gasteiger partial charge is 0.224 e. The Morgan fingerprint density at radius 1 is 0.617 bits per heavy atom. The number of hydrogen-bond acceptors (Lipinski definition) is 0. The predicted molar refractivity (Wildman–Crippen MR) is 202 cm³/mol. The summed E-state index contributed by atoms with van der Waals surface area (Å²) in [5, 5.41) is 6.65. The molecule has 0 amide bonds. The molecular weight excluding hydrogens is 569 g/mol. The van der Waals surface area contributed by atoms with Crippen LogP contribution in [0, 0.1) is 13.8 Å². The van der Waals surface area contributed by atoms with Crippen molar-refractivity contribution in [3.63, 3.8) is 0 Å². The van der Waals surface area contributed by atoms with Gasteiger partial charge in [0.1, 0.15) is 7.05 Å². The van der Waals surface area contributed by atoms with Crippen molar-refractivity contribution in [1.82, 2.24) is 4.40 Å². The van der Waals surface area contributed by atoms with E-state index >= 15 is 0 Å². The van der Waals surface area contributed by atoms with E-state index in [0.717, 1.165) is 0 Å². The standard InChI is InChI=1S/C45H45N2/c1-25(2)32-22-35(26(3)4)41(36(23-32)27(5)6)33-21-31-18-19-46(9)45-40-29(8)28(7)20-37-43-34(30-14-11-10-12-15-30)16-13-17-38(43)47(44(37)40)39(24-33)42(31)45/h10-27H,1-9H3/q+1. The lowest BCUT2D eigenvalue weighted by atomic mass is 9.81. The highest BCUT2D eigenvalue weighted by molar-refractivity contribution is 6.28. The van der Waals surface area contributed by atoms with Crippen molar-refractivity contribution < 1.29 is 4.57 Å². The van der Waals surface area contributed by atoms with Crippen molar-refractivity contribution in [2.75, 3.05) is 0 Å². The Hall–Kier alpha value is -4.69. The third-order valence-electron chi connectivity index (χ3n) is 10.8. The minimum Gasteiger partial charge on any atom is -0.307 e. The first-order valence-electron chi connectivity index (χ1n) is 17.3. The summed E-state index contributed by atoms with van der Waals surface area (Å²) >= 11 is 0. The molecule has 0 aliphatic carbocycles. The minimum absolute atomic E-state index is 0.413. The highest BCUT2D eigenvalue weighted by atomic mass is 15.0. The van der Waals surface area contributed by atoms with E-state index < -0.39 is 0 Å². The first-order valence-corrected chi connectivity index (χ1v) is 17.3. The van der Waals surface area contributed by atoms with Gasteiger partial charge in [-0.2, -0.15) is 0 Å². The molecule has 0 aliphatic rings. The van der Waals surface area contributed by atoms with Crippen LogP contribution in [0.4, 0.5) is 0 Å². The van der Waals surface area contributed by atoms with Gasteiger partial charge in [0.15, 0.2) is 6.20 Å². The number of hydrogen-bond donors (Lipinski definition) is 0. The van der Waals surface area contributed by atoms with Crippen LogP contribution in [-0.2, 0) is 7.05 Å². The Morgan fingerprint density at radius 2 is 1.32 bits per heavy atom. The highest BCUT2D eigenvalue weighted by Crippen LogP contribution is 2.47. The quantitative estimate of drug-likeness (QED) is 0.104. The van der Waals surface area contributed by atoms with Gasteiger partial charge in [0, 0.05) is 16.8 Å². The van der Waals surface area contributed by atoms with E-state index in [9.17, 15) is 0 Å². The van der Waals surface area contributed by atoms with Crippen molar-refractivity contribution in [3.05, 3.63) is 119 Å². The number of aromatic nitrogens is 2. The maximum Gasteiger partial charge on any atom is 0.224 e. The Morgan fingerprint density at radius 3 is 1.98 bits per heavy atom. The average molecular weight is 614 g/mol. The molecule has 0 aliphatic heterocycles. The minimum atomic E-state index is 0.413. The summed E-state index contributed by atoms with van der Waals surface area (Å²) in [5.74, 6) is 1.31. The molecule has 234 valence electrons. The molecule has 5 aromatic carbocycles. The molecule has 0 saturated heterocycles. The van der Waals surface area contributed by atoms with Crippen LogP contribution < -0.4 is 4.57 Å². The molecule has 3 aromatic heterocycles. The molecular formula is C45H45N2+.